The number of benzene rings is 2. The van der Waals surface area contributed by atoms with E-state index in [-0.39, 0.29) is 11.9 Å². The average Bonchev–Trinajstić information content (AvgIpc) is 3.16. The number of nitrogens with two attached hydrogens (primary N) is 1. The number of anilines is 2. The van der Waals surface area contributed by atoms with E-state index in [0.717, 1.165) is 37.2 Å². The summed E-state index contributed by atoms with van der Waals surface area (Å²) < 4.78 is 1.94. The summed E-state index contributed by atoms with van der Waals surface area (Å²) in [5.41, 5.74) is 8.79. The highest BCUT2D eigenvalue weighted by Gasteiger charge is 2.21. The fourth-order valence-electron chi connectivity index (χ4n) is 3.59. The van der Waals surface area contributed by atoms with Crippen LogP contribution in [-0.4, -0.2) is 34.6 Å². The smallest absolute Gasteiger partial charge is 0.260 e. The summed E-state index contributed by atoms with van der Waals surface area (Å²) in [4.78, 5) is 19.6. The second-order valence-corrected chi connectivity index (χ2v) is 7.16. The number of aromatic nitrogens is 2. The Morgan fingerprint density at radius 1 is 1.07 bits per heavy atom. The summed E-state index contributed by atoms with van der Waals surface area (Å²) in [6, 6.07) is 18.1. The van der Waals surface area contributed by atoms with E-state index < -0.39 is 0 Å². The number of amides is 1. The fourth-order valence-corrected chi connectivity index (χ4v) is 3.59. The molecule has 0 spiro atoms. The first-order valence-electron chi connectivity index (χ1n) is 9.66. The molecule has 0 bridgehead atoms. The molecule has 2 heterocycles. The predicted molar refractivity (Wildman–Crippen MR) is 112 cm³/mol. The van der Waals surface area contributed by atoms with E-state index in [1.807, 2.05) is 53.2 Å². The Balaban J connectivity index is 1.52. The summed E-state index contributed by atoms with van der Waals surface area (Å²) in [7, 11) is 0. The maximum absolute atomic E-state index is 13.0. The lowest BCUT2D eigenvalue weighted by molar-refractivity contribution is 0.102. The second kappa shape index (κ2) is 8.27. The van der Waals surface area contributed by atoms with Gasteiger partial charge in [0.05, 0.1) is 12.1 Å². The number of nitrogens with zero attached hydrogens (tertiary/aromatic N) is 3. The molecule has 1 fully saturated rings. The molecule has 3 N–H and O–H groups in total. The molecule has 6 heteroatoms. The fraction of sp³-hybridized carbons (Fsp3) is 0.273. The summed E-state index contributed by atoms with van der Waals surface area (Å²) in [5, 5.41) is 2.98. The van der Waals surface area contributed by atoms with Crippen LogP contribution in [0.15, 0.2) is 67.0 Å². The zero-order chi connectivity index (χ0) is 19.3. The van der Waals surface area contributed by atoms with E-state index in [0.29, 0.717) is 18.1 Å². The van der Waals surface area contributed by atoms with Gasteiger partial charge in [-0.2, -0.15) is 0 Å². The lowest BCUT2D eigenvalue weighted by Crippen LogP contribution is -2.40. The van der Waals surface area contributed by atoms with Gasteiger partial charge in [-0.1, -0.05) is 42.5 Å². The molecule has 4 rings (SSSR count). The number of carbonyl (C=O) groups excluding carboxylic acids is 1. The summed E-state index contributed by atoms with van der Waals surface area (Å²) in [6.45, 7) is 2.39. The van der Waals surface area contributed by atoms with Gasteiger partial charge >= 0.3 is 0 Å². The van der Waals surface area contributed by atoms with Gasteiger partial charge in [-0.05, 0) is 30.5 Å². The first-order chi connectivity index (χ1) is 13.7. The zero-order valence-corrected chi connectivity index (χ0v) is 15.8. The van der Waals surface area contributed by atoms with E-state index >= 15 is 0 Å². The molecule has 1 aromatic heterocycles. The van der Waals surface area contributed by atoms with Crippen LogP contribution in [-0.2, 0) is 6.54 Å². The molecule has 0 atom stereocenters. The van der Waals surface area contributed by atoms with Crippen LogP contribution in [0.5, 0.6) is 0 Å². The third-order valence-electron chi connectivity index (χ3n) is 5.17. The molecule has 1 amide bonds. The van der Waals surface area contributed by atoms with Gasteiger partial charge in [0.15, 0.2) is 0 Å². The SMILES string of the molecule is NC1CCN(c2ccccc2C(=O)Nc2nccn2Cc2ccccc2)CC1. The van der Waals surface area contributed by atoms with Crippen LogP contribution in [0.3, 0.4) is 0 Å². The molecule has 0 radical (unpaired) electrons. The summed E-state index contributed by atoms with van der Waals surface area (Å²) >= 11 is 0. The number of nitrogens with one attached hydrogen (secondary N) is 1. The van der Waals surface area contributed by atoms with Crippen molar-refractivity contribution in [2.24, 2.45) is 5.73 Å². The normalized spacial score (nSPS) is 14.8. The van der Waals surface area contributed by atoms with Crippen molar-refractivity contribution in [1.29, 1.82) is 0 Å². The molecule has 1 aliphatic heterocycles. The van der Waals surface area contributed by atoms with Gasteiger partial charge in [-0.3, -0.25) is 10.1 Å². The Hall–Kier alpha value is -3.12. The predicted octanol–water partition coefficient (Wildman–Crippen LogP) is 3.11. The number of rotatable bonds is 5. The topological polar surface area (TPSA) is 76.2 Å². The molecule has 6 nitrogen and oxygen atoms in total. The third kappa shape index (κ3) is 4.07. The van der Waals surface area contributed by atoms with E-state index in [1.54, 1.807) is 6.20 Å². The summed E-state index contributed by atoms with van der Waals surface area (Å²) in [6.07, 6.45) is 5.46. The van der Waals surface area contributed by atoms with Crippen LogP contribution in [0.25, 0.3) is 0 Å². The average molecular weight is 375 g/mol. The van der Waals surface area contributed by atoms with Crippen LogP contribution in [0, 0.1) is 0 Å². The van der Waals surface area contributed by atoms with Gasteiger partial charge in [-0.15, -0.1) is 0 Å². The van der Waals surface area contributed by atoms with E-state index in [1.165, 1.54) is 0 Å². The Bertz CT molecular complexity index is 929. The van der Waals surface area contributed by atoms with Gasteiger partial charge in [0, 0.05) is 37.2 Å². The Kier molecular flexibility index (Phi) is 5.39. The summed E-state index contributed by atoms with van der Waals surface area (Å²) in [5.74, 6) is 0.398. The number of imidazole rings is 1. The van der Waals surface area contributed by atoms with Crippen molar-refractivity contribution in [3.05, 3.63) is 78.1 Å². The lowest BCUT2D eigenvalue weighted by atomic mass is 10.0. The van der Waals surface area contributed by atoms with Crippen molar-refractivity contribution in [2.75, 3.05) is 23.3 Å². The molecule has 3 aromatic rings. The number of para-hydroxylation sites is 1. The van der Waals surface area contributed by atoms with E-state index in [9.17, 15) is 4.79 Å². The number of piperidine rings is 1. The maximum Gasteiger partial charge on any atom is 0.260 e. The third-order valence-corrected chi connectivity index (χ3v) is 5.17. The highest BCUT2D eigenvalue weighted by molar-refractivity contribution is 6.07. The van der Waals surface area contributed by atoms with Crippen LogP contribution in [0.1, 0.15) is 28.8 Å². The van der Waals surface area contributed by atoms with Gasteiger partial charge in [0.1, 0.15) is 0 Å². The highest BCUT2D eigenvalue weighted by atomic mass is 16.1. The van der Waals surface area contributed by atoms with Crippen LogP contribution >= 0.6 is 0 Å². The zero-order valence-electron chi connectivity index (χ0n) is 15.8. The van der Waals surface area contributed by atoms with Crippen molar-refractivity contribution in [3.8, 4) is 0 Å². The van der Waals surface area contributed by atoms with Crippen molar-refractivity contribution in [1.82, 2.24) is 9.55 Å². The van der Waals surface area contributed by atoms with Crippen molar-refractivity contribution >= 4 is 17.5 Å². The molecular weight excluding hydrogens is 350 g/mol. The molecule has 2 aromatic carbocycles. The minimum Gasteiger partial charge on any atom is -0.371 e. The molecular formula is C22H25N5O. The van der Waals surface area contributed by atoms with Crippen molar-refractivity contribution in [3.63, 3.8) is 0 Å². The minimum absolute atomic E-state index is 0.147. The quantitative estimate of drug-likeness (QED) is 0.718. The van der Waals surface area contributed by atoms with Gasteiger partial charge in [0.25, 0.3) is 5.91 Å². The molecule has 144 valence electrons. The monoisotopic (exact) mass is 375 g/mol. The van der Waals surface area contributed by atoms with Gasteiger partial charge in [-0.25, -0.2) is 4.98 Å². The van der Waals surface area contributed by atoms with Crippen LogP contribution < -0.4 is 16.0 Å². The maximum atomic E-state index is 13.0. The molecule has 1 saturated heterocycles. The van der Waals surface area contributed by atoms with Crippen molar-refractivity contribution in [2.45, 2.75) is 25.4 Å². The lowest BCUT2D eigenvalue weighted by Gasteiger charge is -2.33. The number of hydrogen-bond donors (Lipinski definition) is 2. The van der Waals surface area contributed by atoms with Crippen LogP contribution in [0.2, 0.25) is 0 Å². The Morgan fingerprint density at radius 2 is 1.79 bits per heavy atom. The standard InChI is InChI=1S/C22H25N5O/c23-18-10-13-26(14-11-18)20-9-5-4-8-19(20)21(28)25-22-24-12-15-27(22)16-17-6-2-1-3-7-17/h1-9,12,15,18H,10-11,13-14,16,23H2,(H,24,25,28). The van der Waals surface area contributed by atoms with Gasteiger partial charge in [0.2, 0.25) is 5.95 Å². The number of carbonyl (C=O) groups is 1. The van der Waals surface area contributed by atoms with E-state index in [2.05, 4.69) is 27.3 Å². The highest BCUT2D eigenvalue weighted by Crippen LogP contribution is 2.24. The van der Waals surface area contributed by atoms with Gasteiger partial charge < -0.3 is 15.2 Å². The number of hydrogen-bond acceptors (Lipinski definition) is 4. The largest absolute Gasteiger partial charge is 0.371 e. The second-order valence-electron chi connectivity index (χ2n) is 7.16. The molecule has 0 unspecified atom stereocenters. The van der Waals surface area contributed by atoms with E-state index in [4.69, 9.17) is 5.73 Å². The Morgan fingerprint density at radius 3 is 2.57 bits per heavy atom. The van der Waals surface area contributed by atoms with Crippen LogP contribution in [0.4, 0.5) is 11.6 Å². The Labute approximate surface area is 165 Å². The molecule has 0 aliphatic carbocycles. The molecule has 28 heavy (non-hydrogen) atoms. The van der Waals surface area contributed by atoms with Crippen molar-refractivity contribution < 1.29 is 4.79 Å². The first-order valence-corrected chi connectivity index (χ1v) is 9.66. The minimum atomic E-state index is -0.147. The molecule has 1 aliphatic rings. The first kappa shape index (κ1) is 18.3. The molecule has 0 saturated carbocycles.